The van der Waals surface area contributed by atoms with Crippen molar-refractivity contribution < 1.29 is 19.1 Å². The van der Waals surface area contributed by atoms with Gasteiger partial charge in [-0.1, -0.05) is 83.1 Å². The molecule has 0 unspecified atom stereocenters. The Balaban J connectivity index is 0.00000188. The average molecular weight is 588 g/mol. The van der Waals surface area contributed by atoms with Gasteiger partial charge in [0.2, 0.25) is 0 Å². The van der Waals surface area contributed by atoms with Gasteiger partial charge in [0, 0.05) is 27.6 Å². The van der Waals surface area contributed by atoms with Crippen molar-refractivity contribution in [3.63, 3.8) is 0 Å². The molecule has 1 heterocycles. The van der Waals surface area contributed by atoms with Gasteiger partial charge in [0.1, 0.15) is 11.3 Å². The molecular weight excluding hydrogens is 550 g/mol. The van der Waals surface area contributed by atoms with E-state index in [9.17, 15) is 9.59 Å². The molecule has 5 aromatic rings. The van der Waals surface area contributed by atoms with Crippen molar-refractivity contribution in [2.24, 2.45) is 0 Å². The summed E-state index contributed by atoms with van der Waals surface area (Å²) in [4.78, 5) is 35.8. The molecule has 7 heteroatoms. The van der Waals surface area contributed by atoms with E-state index >= 15 is 0 Å². The number of benzene rings is 4. The molecule has 6 rings (SSSR count). The highest BCUT2D eigenvalue weighted by Gasteiger charge is 2.29. The predicted octanol–water partition coefficient (Wildman–Crippen LogP) is 9.58. The Labute approximate surface area is 258 Å². The third-order valence-corrected chi connectivity index (χ3v) is 7.91. The second-order valence-corrected chi connectivity index (χ2v) is 10.9. The SMILES string of the molecule is CC.CCOC(=O)Nc1ccccc1-c1nc2c3c(ccc(Oc4ccc(C(C)(C)CC)cc4)c3n1)C(=O)c1ccccc1-2. The van der Waals surface area contributed by atoms with Crippen molar-refractivity contribution in [2.45, 2.75) is 53.4 Å². The Morgan fingerprint density at radius 3 is 2.14 bits per heavy atom. The topological polar surface area (TPSA) is 90.4 Å². The zero-order valence-electron chi connectivity index (χ0n) is 26.0. The molecule has 7 nitrogen and oxygen atoms in total. The first-order valence-corrected chi connectivity index (χ1v) is 15.1. The lowest BCUT2D eigenvalue weighted by Gasteiger charge is -2.23. The zero-order chi connectivity index (χ0) is 31.4. The molecule has 1 amide bonds. The Hall–Kier alpha value is -5.04. The predicted molar refractivity (Wildman–Crippen MR) is 176 cm³/mol. The minimum absolute atomic E-state index is 0.0552. The monoisotopic (exact) mass is 587 g/mol. The van der Waals surface area contributed by atoms with Gasteiger partial charge in [-0.05, 0) is 60.7 Å². The minimum atomic E-state index is -0.566. The van der Waals surface area contributed by atoms with Gasteiger partial charge >= 0.3 is 6.09 Å². The lowest BCUT2D eigenvalue weighted by molar-refractivity contribution is 0.104. The van der Waals surface area contributed by atoms with Crippen LogP contribution in [0.4, 0.5) is 10.5 Å². The van der Waals surface area contributed by atoms with Crippen LogP contribution in [0.25, 0.3) is 33.5 Å². The van der Waals surface area contributed by atoms with E-state index in [4.69, 9.17) is 19.4 Å². The first-order valence-electron chi connectivity index (χ1n) is 15.1. The van der Waals surface area contributed by atoms with Gasteiger partial charge in [-0.25, -0.2) is 14.8 Å². The fraction of sp³-hybridized carbons (Fsp3) is 0.243. The van der Waals surface area contributed by atoms with Crippen LogP contribution in [0.2, 0.25) is 0 Å². The standard InChI is InChI=1S/C35H31N3O4.C2H6/c1-5-35(3,4)21-15-17-22(18-16-21)42-28-20-19-26-29-30(23-11-7-8-12-24(23)32(26)39)37-33(38-31(28)29)25-13-9-10-14-27(25)36-34(40)41-6-2;1-2/h7-20H,5-6H2,1-4H3,(H,36,40);1-2H3. The number of fused-ring (bicyclic) bond motifs is 2. The summed E-state index contributed by atoms with van der Waals surface area (Å²) in [7, 11) is 0. The molecule has 1 aliphatic rings. The number of ether oxygens (including phenoxy) is 2. The maximum Gasteiger partial charge on any atom is 0.411 e. The van der Waals surface area contributed by atoms with Gasteiger partial charge in [0.05, 0.1) is 18.0 Å². The molecule has 0 radical (unpaired) electrons. The molecule has 1 N–H and O–H groups in total. The summed E-state index contributed by atoms with van der Waals surface area (Å²) in [5, 5.41) is 3.44. The van der Waals surface area contributed by atoms with Crippen LogP contribution in [0, 0.1) is 0 Å². The number of nitrogens with zero attached hydrogens (tertiary/aromatic N) is 2. The summed E-state index contributed by atoms with van der Waals surface area (Å²) in [5.74, 6) is 1.47. The number of para-hydroxylation sites is 1. The Kier molecular flexibility index (Phi) is 8.76. The summed E-state index contributed by atoms with van der Waals surface area (Å²) in [6.07, 6.45) is 0.452. The van der Waals surface area contributed by atoms with Gasteiger partial charge < -0.3 is 9.47 Å². The van der Waals surface area contributed by atoms with Crippen molar-refractivity contribution in [1.82, 2.24) is 9.97 Å². The van der Waals surface area contributed by atoms with Crippen molar-refractivity contribution in [3.05, 3.63) is 102 Å². The minimum Gasteiger partial charge on any atom is -0.455 e. The Morgan fingerprint density at radius 2 is 1.45 bits per heavy atom. The van der Waals surface area contributed by atoms with Gasteiger partial charge in [-0.15, -0.1) is 0 Å². The van der Waals surface area contributed by atoms with Crippen LogP contribution in [0.1, 0.15) is 69.4 Å². The largest absolute Gasteiger partial charge is 0.455 e. The van der Waals surface area contributed by atoms with E-state index in [1.807, 2.05) is 68.4 Å². The van der Waals surface area contributed by atoms with Crippen LogP contribution >= 0.6 is 0 Å². The number of ketones is 1. The van der Waals surface area contributed by atoms with E-state index in [-0.39, 0.29) is 17.8 Å². The summed E-state index contributed by atoms with van der Waals surface area (Å²) in [6, 6.07) is 26.4. The second kappa shape index (κ2) is 12.7. The van der Waals surface area contributed by atoms with Crippen molar-refractivity contribution in [3.8, 4) is 34.1 Å². The van der Waals surface area contributed by atoms with Gasteiger partial charge in [0.25, 0.3) is 0 Å². The number of nitrogens with one attached hydrogen (secondary N) is 1. The third-order valence-electron chi connectivity index (χ3n) is 7.91. The second-order valence-electron chi connectivity index (χ2n) is 10.9. The van der Waals surface area contributed by atoms with Crippen LogP contribution in [0.15, 0.2) is 84.9 Å². The van der Waals surface area contributed by atoms with E-state index in [0.29, 0.717) is 56.3 Å². The zero-order valence-corrected chi connectivity index (χ0v) is 26.0. The molecule has 0 saturated carbocycles. The van der Waals surface area contributed by atoms with E-state index in [0.717, 1.165) is 12.0 Å². The fourth-order valence-corrected chi connectivity index (χ4v) is 5.20. The van der Waals surface area contributed by atoms with E-state index in [2.05, 4.69) is 38.2 Å². The molecule has 1 aromatic heterocycles. The molecule has 0 atom stereocenters. The van der Waals surface area contributed by atoms with Crippen LogP contribution in [0.3, 0.4) is 0 Å². The summed E-state index contributed by atoms with van der Waals surface area (Å²) < 4.78 is 11.5. The summed E-state index contributed by atoms with van der Waals surface area (Å²) in [5.41, 5.74) is 5.38. The maximum atomic E-state index is 13.6. The van der Waals surface area contributed by atoms with E-state index in [1.165, 1.54) is 5.56 Å². The van der Waals surface area contributed by atoms with Crippen molar-refractivity contribution in [2.75, 3.05) is 11.9 Å². The normalized spacial score (nSPS) is 11.7. The van der Waals surface area contributed by atoms with Gasteiger partial charge in [-0.2, -0.15) is 0 Å². The number of hydrogen-bond acceptors (Lipinski definition) is 6. The molecule has 0 fully saturated rings. The summed E-state index contributed by atoms with van der Waals surface area (Å²) >= 11 is 0. The van der Waals surface area contributed by atoms with Crippen LogP contribution in [-0.4, -0.2) is 28.5 Å². The van der Waals surface area contributed by atoms with Crippen LogP contribution < -0.4 is 10.1 Å². The first kappa shape index (κ1) is 30.4. The Morgan fingerprint density at radius 1 is 0.795 bits per heavy atom. The lowest BCUT2D eigenvalue weighted by Crippen LogP contribution is -2.15. The lowest BCUT2D eigenvalue weighted by atomic mass is 9.82. The highest BCUT2D eigenvalue weighted by molar-refractivity contribution is 6.25. The number of carbonyl (C=O) groups is 2. The fourth-order valence-electron chi connectivity index (χ4n) is 5.20. The number of anilines is 1. The number of amides is 1. The number of hydrogen-bond donors (Lipinski definition) is 1. The van der Waals surface area contributed by atoms with Gasteiger partial charge in [0.15, 0.2) is 17.4 Å². The molecule has 44 heavy (non-hydrogen) atoms. The highest BCUT2D eigenvalue weighted by atomic mass is 16.5. The molecule has 0 saturated heterocycles. The van der Waals surface area contributed by atoms with Crippen molar-refractivity contribution in [1.29, 1.82) is 0 Å². The number of carbonyl (C=O) groups excluding carboxylic acids is 2. The summed E-state index contributed by atoms with van der Waals surface area (Å²) in [6.45, 7) is 12.6. The molecule has 0 bridgehead atoms. The molecular formula is C37H37N3O4. The van der Waals surface area contributed by atoms with E-state index in [1.54, 1.807) is 25.1 Å². The number of rotatable bonds is 7. The van der Waals surface area contributed by atoms with Crippen LogP contribution in [-0.2, 0) is 10.2 Å². The highest BCUT2D eigenvalue weighted by Crippen LogP contribution is 2.43. The third kappa shape index (κ3) is 5.65. The maximum absolute atomic E-state index is 13.6. The quantitative estimate of drug-likeness (QED) is 0.200. The van der Waals surface area contributed by atoms with E-state index < -0.39 is 6.09 Å². The molecule has 224 valence electrons. The number of aromatic nitrogens is 2. The first-order chi connectivity index (χ1) is 21.3. The Bertz CT molecular complexity index is 1840. The molecule has 4 aromatic carbocycles. The molecule has 0 aliphatic heterocycles. The molecule has 1 aliphatic carbocycles. The van der Waals surface area contributed by atoms with Crippen molar-refractivity contribution >= 4 is 28.5 Å². The smallest absolute Gasteiger partial charge is 0.411 e. The average Bonchev–Trinajstić information content (AvgIpc) is 3.05. The van der Waals surface area contributed by atoms with Gasteiger partial charge in [-0.3, -0.25) is 10.1 Å². The molecule has 0 spiro atoms. The van der Waals surface area contributed by atoms with Crippen LogP contribution in [0.5, 0.6) is 11.5 Å².